The third-order valence-electron chi connectivity index (χ3n) is 5.31. The molecule has 4 heteroatoms. The number of allylic oxidation sites excluding steroid dienone is 1. The summed E-state index contributed by atoms with van der Waals surface area (Å²) in [4.78, 5) is 22.2. The Hall–Kier alpha value is -3.14. The predicted octanol–water partition coefficient (Wildman–Crippen LogP) is 3.78. The van der Waals surface area contributed by atoms with Gasteiger partial charge >= 0.3 is 0 Å². The summed E-state index contributed by atoms with van der Waals surface area (Å²) < 4.78 is 0. The smallest absolute Gasteiger partial charge is 0.257 e. The predicted molar refractivity (Wildman–Crippen MR) is 104 cm³/mol. The number of dihydropyridines is 1. The van der Waals surface area contributed by atoms with Crippen LogP contribution in [0.5, 0.6) is 0 Å². The van der Waals surface area contributed by atoms with E-state index in [1.807, 2.05) is 59.5 Å². The van der Waals surface area contributed by atoms with Crippen molar-refractivity contribution in [1.82, 2.24) is 0 Å². The van der Waals surface area contributed by atoms with E-state index >= 15 is 0 Å². The van der Waals surface area contributed by atoms with Gasteiger partial charge in [0.15, 0.2) is 0 Å². The van der Waals surface area contributed by atoms with E-state index in [2.05, 4.69) is 28.1 Å². The summed E-state index contributed by atoms with van der Waals surface area (Å²) in [7, 11) is 0. The minimum absolute atomic E-state index is 0.0793. The molecule has 0 N–H and O–H groups in total. The van der Waals surface area contributed by atoms with Gasteiger partial charge in [0.25, 0.3) is 5.91 Å². The minimum Gasteiger partial charge on any atom is -0.344 e. The number of fused-ring (bicyclic) bond motifs is 2. The number of anilines is 2. The summed E-state index contributed by atoms with van der Waals surface area (Å²) >= 11 is 0. The molecule has 5 rings (SSSR count). The maximum Gasteiger partial charge on any atom is 0.257 e. The van der Waals surface area contributed by atoms with Gasteiger partial charge in [-0.25, -0.2) is 0 Å². The molecule has 0 aromatic heterocycles. The Labute approximate surface area is 152 Å². The highest BCUT2D eigenvalue weighted by Gasteiger charge is 2.46. The number of amides is 1. The Morgan fingerprint density at radius 2 is 1.62 bits per heavy atom. The molecule has 0 spiro atoms. The normalized spacial score (nSPS) is 24.1. The zero-order chi connectivity index (χ0) is 17.5. The number of rotatable bonds is 2. The fourth-order valence-corrected chi connectivity index (χ4v) is 4.19. The molecular weight excluding hydrogens is 322 g/mol. The highest BCUT2D eigenvalue weighted by atomic mass is 16.2. The SMILES string of the molecule is O=C1C2=C(C3C=CC=NC3N1c1ccccc1)N(c1ccccc1)CC2. The molecule has 2 atom stereocenters. The van der Waals surface area contributed by atoms with E-state index in [0.29, 0.717) is 0 Å². The molecular formula is C22H19N3O. The number of para-hydroxylation sites is 2. The zero-order valence-electron chi connectivity index (χ0n) is 14.3. The van der Waals surface area contributed by atoms with Crippen molar-refractivity contribution in [2.45, 2.75) is 12.6 Å². The first kappa shape index (κ1) is 15.1. The van der Waals surface area contributed by atoms with Crippen molar-refractivity contribution in [3.05, 3.63) is 84.1 Å². The lowest BCUT2D eigenvalue weighted by molar-refractivity contribution is -0.116. The second kappa shape index (κ2) is 5.99. The number of carbonyl (C=O) groups is 1. The molecule has 1 amide bonds. The van der Waals surface area contributed by atoms with Crippen LogP contribution in [0.4, 0.5) is 11.4 Å². The van der Waals surface area contributed by atoms with Crippen LogP contribution in [0.25, 0.3) is 0 Å². The quantitative estimate of drug-likeness (QED) is 0.833. The molecule has 0 aliphatic carbocycles. The molecule has 4 nitrogen and oxygen atoms in total. The lowest BCUT2D eigenvalue weighted by Gasteiger charge is -2.41. The van der Waals surface area contributed by atoms with Crippen molar-refractivity contribution >= 4 is 23.5 Å². The molecule has 3 heterocycles. The van der Waals surface area contributed by atoms with Crippen LogP contribution in [0, 0.1) is 5.92 Å². The molecule has 2 unspecified atom stereocenters. The summed E-state index contributed by atoms with van der Waals surface area (Å²) in [5.74, 6) is 0.161. The van der Waals surface area contributed by atoms with Gasteiger partial charge in [0, 0.05) is 35.4 Å². The lowest BCUT2D eigenvalue weighted by Crippen LogP contribution is -2.50. The number of hydrogen-bond donors (Lipinski definition) is 0. The van der Waals surface area contributed by atoms with Crippen LogP contribution in [0.15, 0.2) is 89.1 Å². The number of carbonyl (C=O) groups excluding carboxylic acids is 1. The summed E-state index contributed by atoms with van der Waals surface area (Å²) in [5, 5.41) is 0. The number of hydrogen-bond acceptors (Lipinski definition) is 3. The Bertz CT molecular complexity index is 930. The van der Waals surface area contributed by atoms with Crippen molar-refractivity contribution in [1.29, 1.82) is 0 Å². The second-order valence-corrected chi connectivity index (χ2v) is 6.73. The maximum atomic E-state index is 13.4. The van der Waals surface area contributed by atoms with Gasteiger partial charge < -0.3 is 4.90 Å². The van der Waals surface area contributed by atoms with Gasteiger partial charge in [-0.2, -0.15) is 0 Å². The average molecular weight is 341 g/mol. The molecule has 2 aromatic carbocycles. The number of nitrogens with zero attached hydrogens (tertiary/aromatic N) is 3. The Balaban J connectivity index is 1.64. The molecule has 0 saturated heterocycles. The van der Waals surface area contributed by atoms with Crippen molar-refractivity contribution in [2.24, 2.45) is 10.9 Å². The average Bonchev–Trinajstić information content (AvgIpc) is 3.16. The van der Waals surface area contributed by atoms with Gasteiger partial charge in [0.2, 0.25) is 0 Å². The fraction of sp³-hybridized carbons (Fsp3) is 0.182. The molecule has 0 radical (unpaired) electrons. The third kappa shape index (κ3) is 2.22. The van der Waals surface area contributed by atoms with E-state index in [1.54, 1.807) is 6.21 Å². The summed E-state index contributed by atoms with van der Waals surface area (Å²) in [5.41, 5.74) is 4.08. The Morgan fingerprint density at radius 3 is 2.35 bits per heavy atom. The standard InChI is InChI=1S/C22H19N3O/c26-22-19-13-15-24(16-8-3-1-4-9-16)20(19)18-12-7-14-23-21(18)25(22)17-10-5-2-6-11-17/h1-12,14,18,21H,13,15H2. The summed E-state index contributed by atoms with van der Waals surface area (Å²) in [6.45, 7) is 0.837. The van der Waals surface area contributed by atoms with Gasteiger partial charge in [-0.3, -0.25) is 14.7 Å². The molecule has 3 aliphatic heterocycles. The van der Waals surface area contributed by atoms with Gasteiger partial charge in [0.1, 0.15) is 6.17 Å². The first-order chi connectivity index (χ1) is 12.8. The van der Waals surface area contributed by atoms with Crippen molar-refractivity contribution < 1.29 is 4.79 Å². The lowest BCUT2D eigenvalue weighted by atomic mass is 9.89. The molecule has 2 aromatic rings. The molecule has 3 aliphatic rings. The van der Waals surface area contributed by atoms with Gasteiger partial charge in [-0.05, 0) is 36.8 Å². The minimum atomic E-state index is -0.224. The van der Waals surface area contributed by atoms with Crippen LogP contribution in [-0.2, 0) is 4.79 Å². The highest BCUT2D eigenvalue weighted by molar-refractivity contribution is 6.09. The van der Waals surface area contributed by atoms with Gasteiger partial charge in [0.05, 0.1) is 5.92 Å². The van der Waals surface area contributed by atoms with E-state index < -0.39 is 0 Å². The Kier molecular flexibility index (Phi) is 3.49. The van der Waals surface area contributed by atoms with Crippen molar-refractivity contribution in [2.75, 3.05) is 16.3 Å². The molecule has 0 fully saturated rings. The van der Waals surface area contributed by atoms with Crippen LogP contribution in [0.3, 0.4) is 0 Å². The van der Waals surface area contributed by atoms with Crippen LogP contribution in [-0.4, -0.2) is 24.8 Å². The zero-order valence-corrected chi connectivity index (χ0v) is 14.3. The molecule has 0 bridgehead atoms. The number of aliphatic imine (C=N–C) groups is 1. The van der Waals surface area contributed by atoms with Gasteiger partial charge in [-0.1, -0.05) is 42.5 Å². The first-order valence-corrected chi connectivity index (χ1v) is 8.99. The molecule has 128 valence electrons. The second-order valence-electron chi connectivity index (χ2n) is 6.73. The first-order valence-electron chi connectivity index (χ1n) is 8.99. The highest BCUT2D eigenvalue weighted by Crippen LogP contribution is 2.43. The Morgan fingerprint density at radius 1 is 0.923 bits per heavy atom. The van der Waals surface area contributed by atoms with Crippen LogP contribution >= 0.6 is 0 Å². The maximum absolute atomic E-state index is 13.4. The van der Waals surface area contributed by atoms with Crippen LogP contribution in [0.1, 0.15) is 6.42 Å². The van der Waals surface area contributed by atoms with Crippen molar-refractivity contribution in [3.8, 4) is 0 Å². The van der Waals surface area contributed by atoms with E-state index in [-0.39, 0.29) is 18.0 Å². The van der Waals surface area contributed by atoms with Crippen LogP contribution in [0.2, 0.25) is 0 Å². The topological polar surface area (TPSA) is 35.9 Å². The number of benzene rings is 2. The third-order valence-corrected chi connectivity index (χ3v) is 5.31. The monoisotopic (exact) mass is 341 g/mol. The fourth-order valence-electron chi connectivity index (χ4n) is 4.19. The molecule has 26 heavy (non-hydrogen) atoms. The molecule has 0 saturated carbocycles. The summed E-state index contributed by atoms with van der Waals surface area (Å²) in [6.07, 6.45) is 6.52. The summed E-state index contributed by atoms with van der Waals surface area (Å²) in [6, 6.07) is 20.2. The van der Waals surface area contributed by atoms with E-state index in [0.717, 1.165) is 35.6 Å². The van der Waals surface area contributed by atoms with Crippen LogP contribution < -0.4 is 9.80 Å². The van der Waals surface area contributed by atoms with E-state index in [1.165, 1.54) is 0 Å². The van der Waals surface area contributed by atoms with Crippen molar-refractivity contribution in [3.63, 3.8) is 0 Å². The van der Waals surface area contributed by atoms with E-state index in [9.17, 15) is 4.79 Å². The van der Waals surface area contributed by atoms with E-state index in [4.69, 9.17) is 0 Å². The van der Waals surface area contributed by atoms with Gasteiger partial charge in [-0.15, -0.1) is 0 Å². The largest absolute Gasteiger partial charge is 0.344 e.